The van der Waals surface area contributed by atoms with Crippen LogP contribution in [0.2, 0.25) is 5.02 Å². The Bertz CT molecular complexity index is 367. The molecular formula is C13H19ClN2O. The molecule has 0 aliphatic carbocycles. The van der Waals surface area contributed by atoms with Crippen LogP contribution in [0.3, 0.4) is 0 Å². The van der Waals surface area contributed by atoms with Gasteiger partial charge in [-0.05, 0) is 25.0 Å². The van der Waals surface area contributed by atoms with E-state index in [1.165, 1.54) is 0 Å². The predicted molar refractivity (Wildman–Crippen MR) is 72.3 cm³/mol. The Morgan fingerprint density at radius 3 is 2.35 bits per heavy atom. The van der Waals surface area contributed by atoms with Crippen molar-refractivity contribution >= 4 is 23.2 Å². The first kappa shape index (κ1) is 13.8. The van der Waals surface area contributed by atoms with Crippen LogP contribution in [0.15, 0.2) is 18.2 Å². The molecule has 0 radical (unpaired) electrons. The summed E-state index contributed by atoms with van der Waals surface area (Å²) in [5, 5.41) is 0.423. The van der Waals surface area contributed by atoms with E-state index < -0.39 is 0 Å². The molecule has 1 amide bonds. The number of halogens is 1. The van der Waals surface area contributed by atoms with Gasteiger partial charge in [0.15, 0.2) is 0 Å². The summed E-state index contributed by atoms with van der Waals surface area (Å²) < 4.78 is 0. The predicted octanol–water partition coefficient (Wildman–Crippen LogP) is 3.18. The number of nitrogens with two attached hydrogens (primary N) is 1. The molecular weight excluding hydrogens is 236 g/mol. The summed E-state index contributed by atoms with van der Waals surface area (Å²) in [4.78, 5) is 14.1. The maximum Gasteiger partial charge on any atom is 0.257 e. The topological polar surface area (TPSA) is 46.3 Å². The second-order valence-corrected chi connectivity index (χ2v) is 4.40. The zero-order valence-electron chi connectivity index (χ0n) is 10.4. The van der Waals surface area contributed by atoms with Gasteiger partial charge in [-0.15, -0.1) is 0 Å². The van der Waals surface area contributed by atoms with Crippen LogP contribution < -0.4 is 5.73 Å². The molecule has 0 saturated carbocycles. The molecule has 2 N–H and O–H groups in total. The Morgan fingerprint density at radius 1 is 1.29 bits per heavy atom. The van der Waals surface area contributed by atoms with Gasteiger partial charge < -0.3 is 10.6 Å². The van der Waals surface area contributed by atoms with E-state index in [0.717, 1.165) is 25.9 Å². The van der Waals surface area contributed by atoms with E-state index in [9.17, 15) is 4.79 Å². The van der Waals surface area contributed by atoms with Crippen molar-refractivity contribution in [2.75, 3.05) is 18.8 Å². The average molecular weight is 255 g/mol. The molecule has 4 heteroatoms. The van der Waals surface area contributed by atoms with Gasteiger partial charge in [-0.1, -0.05) is 31.5 Å². The fourth-order valence-electron chi connectivity index (χ4n) is 1.78. The molecule has 0 heterocycles. The van der Waals surface area contributed by atoms with Crippen molar-refractivity contribution in [3.8, 4) is 0 Å². The molecule has 0 atom stereocenters. The van der Waals surface area contributed by atoms with Crippen molar-refractivity contribution in [1.82, 2.24) is 4.90 Å². The first-order valence-corrected chi connectivity index (χ1v) is 6.32. The third kappa shape index (κ3) is 3.37. The molecule has 94 valence electrons. The van der Waals surface area contributed by atoms with Gasteiger partial charge in [0.1, 0.15) is 0 Å². The number of hydrogen-bond donors (Lipinski definition) is 1. The highest BCUT2D eigenvalue weighted by Crippen LogP contribution is 2.23. The second-order valence-electron chi connectivity index (χ2n) is 4.00. The van der Waals surface area contributed by atoms with Crippen LogP contribution in [0.4, 0.5) is 5.69 Å². The van der Waals surface area contributed by atoms with Gasteiger partial charge in [0.2, 0.25) is 0 Å². The van der Waals surface area contributed by atoms with Gasteiger partial charge in [-0.25, -0.2) is 0 Å². The van der Waals surface area contributed by atoms with Crippen LogP contribution in [-0.2, 0) is 0 Å². The Kier molecular flexibility index (Phi) is 5.29. The number of anilines is 1. The summed E-state index contributed by atoms with van der Waals surface area (Å²) in [5.41, 5.74) is 6.69. The van der Waals surface area contributed by atoms with E-state index in [4.69, 9.17) is 17.3 Å². The quantitative estimate of drug-likeness (QED) is 0.821. The SMILES string of the molecule is CCCN(CCC)C(=O)c1c(N)cccc1Cl. The average Bonchev–Trinajstić information content (AvgIpc) is 2.28. The third-order valence-corrected chi connectivity index (χ3v) is 2.85. The fourth-order valence-corrected chi connectivity index (χ4v) is 2.04. The first-order valence-electron chi connectivity index (χ1n) is 5.95. The molecule has 0 bridgehead atoms. The highest BCUT2D eigenvalue weighted by molar-refractivity contribution is 6.34. The number of hydrogen-bond acceptors (Lipinski definition) is 2. The molecule has 0 aromatic heterocycles. The van der Waals surface area contributed by atoms with Gasteiger partial charge in [-0.2, -0.15) is 0 Å². The summed E-state index contributed by atoms with van der Waals surface area (Å²) in [6.45, 7) is 5.56. The van der Waals surface area contributed by atoms with Crippen LogP contribution in [0.5, 0.6) is 0 Å². The normalized spacial score (nSPS) is 10.3. The van der Waals surface area contributed by atoms with Crippen molar-refractivity contribution in [2.24, 2.45) is 0 Å². The number of benzene rings is 1. The van der Waals surface area contributed by atoms with E-state index in [0.29, 0.717) is 16.3 Å². The zero-order valence-corrected chi connectivity index (χ0v) is 11.1. The Balaban J connectivity index is 3.00. The minimum Gasteiger partial charge on any atom is -0.398 e. The molecule has 17 heavy (non-hydrogen) atoms. The molecule has 1 aromatic carbocycles. The van der Waals surface area contributed by atoms with Crippen molar-refractivity contribution < 1.29 is 4.79 Å². The Labute approximate surface area is 108 Å². The molecule has 0 saturated heterocycles. The van der Waals surface area contributed by atoms with Crippen LogP contribution in [0.25, 0.3) is 0 Å². The Hall–Kier alpha value is -1.22. The highest BCUT2D eigenvalue weighted by atomic mass is 35.5. The van der Waals surface area contributed by atoms with E-state index in [-0.39, 0.29) is 5.91 Å². The van der Waals surface area contributed by atoms with Gasteiger partial charge in [-0.3, -0.25) is 4.79 Å². The number of rotatable bonds is 5. The number of nitrogen functional groups attached to an aromatic ring is 1. The van der Waals surface area contributed by atoms with E-state index in [2.05, 4.69) is 0 Å². The molecule has 1 aromatic rings. The van der Waals surface area contributed by atoms with Crippen molar-refractivity contribution in [3.05, 3.63) is 28.8 Å². The molecule has 3 nitrogen and oxygen atoms in total. The molecule has 0 aliphatic heterocycles. The standard InChI is InChI=1S/C13H19ClN2O/c1-3-8-16(9-4-2)13(17)12-10(14)6-5-7-11(12)15/h5-7H,3-4,8-9,15H2,1-2H3. The summed E-state index contributed by atoms with van der Waals surface area (Å²) in [6.07, 6.45) is 1.85. The lowest BCUT2D eigenvalue weighted by atomic mass is 10.1. The maximum atomic E-state index is 12.3. The van der Waals surface area contributed by atoms with Gasteiger partial charge >= 0.3 is 0 Å². The largest absolute Gasteiger partial charge is 0.398 e. The monoisotopic (exact) mass is 254 g/mol. The number of nitrogens with zero attached hydrogens (tertiary/aromatic N) is 1. The summed E-state index contributed by atoms with van der Waals surface area (Å²) in [6, 6.07) is 5.15. The fraction of sp³-hybridized carbons (Fsp3) is 0.462. The van der Waals surface area contributed by atoms with Crippen LogP contribution >= 0.6 is 11.6 Å². The highest BCUT2D eigenvalue weighted by Gasteiger charge is 2.19. The summed E-state index contributed by atoms with van der Waals surface area (Å²) in [5.74, 6) is -0.0724. The van der Waals surface area contributed by atoms with Crippen molar-refractivity contribution in [2.45, 2.75) is 26.7 Å². The van der Waals surface area contributed by atoms with E-state index in [1.807, 2.05) is 13.8 Å². The number of carbonyl (C=O) groups excluding carboxylic acids is 1. The maximum absolute atomic E-state index is 12.3. The lowest BCUT2D eigenvalue weighted by Gasteiger charge is -2.22. The van der Waals surface area contributed by atoms with Gasteiger partial charge in [0, 0.05) is 18.8 Å². The lowest BCUT2D eigenvalue weighted by Crippen LogP contribution is -2.33. The van der Waals surface area contributed by atoms with Gasteiger partial charge in [0.25, 0.3) is 5.91 Å². The van der Waals surface area contributed by atoms with Crippen molar-refractivity contribution in [1.29, 1.82) is 0 Å². The summed E-state index contributed by atoms with van der Waals surface area (Å²) in [7, 11) is 0. The molecule has 0 aliphatic rings. The molecule has 0 spiro atoms. The van der Waals surface area contributed by atoms with Crippen molar-refractivity contribution in [3.63, 3.8) is 0 Å². The van der Waals surface area contributed by atoms with Gasteiger partial charge in [0.05, 0.1) is 10.6 Å². The van der Waals surface area contributed by atoms with Crippen LogP contribution in [-0.4, -0.2) is 23.9 Å². The van der Waals surface area contributed by atoms with Crippen LogP contribution in [0, 0.1) is 0 Å². The smallest absolute Gasteiger partial charge is 0.257 e. The Morgan fingerprint density at radius 2 is 1.88 bits per heavy atom. The van der Waals surface area contributed by atoms with E-state index >= 15 is 0 Å². The molecule has 0 fully saturated rings. The summed E-state index contributed by atoms with van der Waals surface area (Å²) >= 11 is 6.04. The minimum atomic E-state index is -0.0724. The minimum absolute atomic E-state index is 0.0724. The van der Waals surface area contributed by atoms with E-state index in [1.54, 1.807) is 23.1 Å². The van der Waals surface area contributed by atoms with Crippen LogP contribution in [0.1, 0.15) is 37.0 Å². The first-order chi connectivity index (χ1) is 8.11. The molecule has 0 unspecified atom stereocenters. The lowest BCUT2D eigenvalue weighted by molar-refractivity contribution is 0.0757. The zero-order chi connectivity index (χ0) is 12.8. The molecule has 1 rings (SSSR count). The third-order valence-electron chi connectivity index (χ3n) is 2.53. The number of amides is 1. The number of carbonyl (C=O) groups is 1. The second kappa shape index (κ2) is 6.50.